The third-order valence-electron chi connectivity index (χ3n) is 5.84. The summed E-state index contributed by atoms with van der Waals surface area (Å²) in [6.45, 7) is -0.264. The Morgan fingerprint density at radius 3 is 2.50 bits per heavy atom. The number of rotatable bonds is 7. The number of thioether (sulfide) groups is 1. The molecule has 1 fully saturated rings. The van der Waals surface area contributed by atoms with Gasteiger partial charge in [0.05, 0.1) is 15.6 Å². The topological polar surface area (TPSA) is 75.7 Å². The van der Waals surface area contributed by atoms with Crippen molar-refractivity contribution in [1.29, 1.82) is 0 Å². The van der Waals surface area contributed by atoms with E-state index in [1.165, 1.54) is 12.1 Å². The smallest absolute Gasteiger partial charge is 0.294 e. The molecule has 0 radical (unpaired) electrons. The van der Waals surface area contributed by atoms with Crippen LogP contribution in [0, 0.1) is 5.82 Å². The zero-order chi connectivity index (χ0) is 26.6. The molecule has 38 heavy (non-hydrogen) atoms. The van der Waals surface area contributed by atoms with Crippen LogP contribution >= 0.6 is 23.4 Å². The van der Waals surface area contributed by atoms with E-state index in [2.05, 4.69) is 5.32 Å². The minimum Gasteiger partial charge on any atom is -0.488 e. The number of imide groups is 1. The molecule has 1 aliphatic heterocycles. The van der Waals surface area contributed by atoms with Crippen LogP contribution < -0.4 is 10.1 Å². The monoisotopic (exact) mass is 546 g/mol. The highest BCUT2D eigenvalue weighted by Gasteiger charge is 2.36. The van der Waals surface area contributed by atoms with Crippen LogP contribution in [0.3, 0.4) is 0 Å². The summed E-state index contributed by atoms with van der Waals surface area (Å²) in [6.07, 6.45) is 1.61. The lowest BCUT2D eigenvalue weighted by molar-refractivity contribution is -0.127. The molecule has 0 spiro atoms. The number of para-hydroxylation sites is 1. The number of fused-ring (bicyclic) bond motifs is 1. The van der Waals surface area contributed by atoms with Gasteiger partial charge in [-0.3, -0.25) is 19.3 Å². The molecule has 6 nitrogen and oxygen atoms in total. The zero-order valence-electron chi connectivity index (χ0n) is 19.8. The molecule has 0 unspecified atom stereocenters. The number of hydrogen-bond acceptors (Lipinski definition) is 5. The summed E-state index contributed by atoms with van der Waals surface area (Å²) in [5.74, 6) is -0.963. The number of nitrogens with zero attached hydrogens (tertiary/aromatic N) is 1. The maximum Gasteiger partial charge on any atom is 0.294 e. The third kappa shape index (κ3) is 5.56. The van der Waals surface area contributed by atoms with Gasteiger partial charge in [0, 0.05) is 5.56 Å². The van der Waals surface area contributed by atoms with Crippen molar-refractivity contribution in [3.63, 3.8) is 0 Å². The third-order valence-corrected chi connectivity index (χ3v) is 7.07. The van der Waals surface area contributed by atoms with Crippen molar-refractivity contribution in [1.82, 2.24) is 4.90 Å². The second kappa shape index (κ2) is 11.1. The van der Waals surface area contributed by atoms with E-state index in [1.807, 2.05) is 30.3 Å². The molecule has 4 aromatic rings. The van der Waals surface area contributed by atoms with Gasteiger partial charge < -0.3 is 10.1 Å². The summed E-state index contributed by atoms with van der Waals surface area (Å²) < 4.78 is 19.3. The number of anilines is 1. The Morgan fingerprint density at radius 2 is 1.71 bits per heavy atom. The second-order valence-electron chi connectivity index (χ2n) is 8.41. The Labute approximate surface area is 227 Å². The van der Waals surface area contributed by atoms with Crippen molar-refractivity contribution >= 4 is 63.0 Å². The predicted molar refractivity (Wildman–Crippen MR) is 147 cm³/mol. The highest BCUT2D eigenvalue weighted by atomic mass is 35.5. The van der Waals surface area contributed by atoms with Gasteiger partial charge in [0.15, 0.2) is 0 Å². The molecule has 1 N–H and O–H groups in total. The second-order valence-corrected chi connectivity index (χ2v) is 9.81. The average Bonchev–Trinajstić information content (AvgIpc) is 3.17. The fraction of sp³-hybridized carbons (Fsp3) is 0.0690. The Kier molecular flexibility index (Phi) is 7.44. The predicted octanol–water partition coefficient (Wildman–Crippen LogP) is 6.89. The summed E-state index contributed by atoms with van der Waals surface area (Å²) in [7, 11) is 0. The minimum atomic E-state index is -0.577. The zero-order valence-corrected chi connectivity index (χ0v) is 21.4. The van der Waals surface area contributed by atoms with Gasteiger partial charge >= 0.3 is 0 Å². The van der Waals surface area contributed by atoms with Crippen LogP contribution in [0.4, 0.5) is 14.9 Å². The van der Waals surface area contributed by atoms with E-state index in [0.29, 0.717) is 22.0 Å². The Bertz CT molecular complexity index is 1590. The lowest BCUT2D eigenvalue weighted by Crippen LogP contribution is -2.36. The van der Waals surface area contributed by atoms with Gasteiger partial charge in [0.1, 0.15) is 24.7 Å². The highest BCUT2D eigenvalue weighted by Crippen LogP contribution is 2.37. The van der Waals surface area contributed by atoms with Gasteiger partial charge in [-0.1, -0.05) is 66.2 Å². The van der Waals surface area contributed by atoms with Crippen LogP contribution in [0.5, 0.6) is 5.75 Å². The molecule has 0 aromatic heterocycles. The van der Waals surface area contributed by atoms with Crippen LogP contribution in [-0.2, 0) is 16.2 Å². The molecule has 1 saturated heterocycles. The van der Waals surface area contributed by atoms with Crippen molar-refractivity contribution < 1.29 is 23.5 Å². The average molecular weight is 547 g/mol. The molecule has 1 heterocycles. The van der Waals surface area contributed by atoms with Gasteiger partial charge in [0.25, 0.3) is 11.1 Å². The van der Waals surface area contributed by atoms with E-state index >= 15 is 0 Å². The van der Waals surface area contributed by atoms with Crippen molar-refractivity contribution in [2.75, 3.05) is 11.9 Å². The van der Waals surface area contributed by atoms with Crippen LogP contribution in [-0.4, -0.2) is 28.5 Å². The molecule has 4 aromatic carbocycles. The van der Waals surface area contributed by atoms with E-state index in [4.69, 9.17) is 16.3 Å². The first-order valence-corrected chi connectivity index (χ1v) is 12.8. The van der Waals surface area contributed by atoms with Crippen LogP contribution in [0.15, 0.2) is 89.8 Å². The lowest BCUT2D eigenvalue weighted by atomic mass is 10.0. The maximum absolute atomic E-state index is 13.3. The van der Waals surface area contributed by atoms with Gasteiger partial charge in [-0.15, -0.1) is 0 Å². The molecule has 0 atom stereocenters. The first-order valence-electron chi connectivity index (χ1n) is 11.6. The molecule has 5 rings (SSSR count). The van der Waals surface area contributed by atoms with Crippen molar-refractivity contribution in [3.05, 3.63) is 112 Å². The number of halogens is 2. The Morgan fingerprint density at radius 1 is 0.974 bits per heavy atom. The normalized spacial score (nSPS) is 14.4. The fourth-order valence-corrected chi connectivity index (χ4v) is 4.96. The molecular weight excluding hydrogens is 527 g/mol. The largest absolute Gasteiger partial charge is 0.488 e. The minimum absolute atomic E-state index is 0.170. The van der Waals surface area contributed by atoms with Crippen LogP contribution in [0.25, 0.3) is 16.8 Å². The van der Waals surface area contributed by atoms with Crippen molar-refractivity contribution in [3.8, 4) is 5.75 Å². The molecule has 0 bridgehead atoms. The maximum atomic E-state index is 13.3. The van der Waals surface area contributed by atoms with E-state index in [0.717, 1.165) is 33.0 Å². The standard InChI is InChI=1S/C29H20ClFN2O4S/c30-23-7-3-4-8-24(23)32-27(34)16-33-28(35)26(38-29(33)36)15-22-21-6-2-1-5-19(21)11-14-25(22)37-17-18-9-12-20(31)13-10-18/h1-15H,16-17H2,(H,32,34)/b26-15+. The summed E-state index contributed by atoms with van der Waals surface area (Å²) in [4.78, 5) is 39.5. The highest BCUT2D eigenvalue weighted by molar-refractivity contribution is 8.18. The lowest BCUT2D eigenvalue weighted by Gasteiger charge is -2.14. The van der Waals surface area contributed by atoms with E-state index in [9.17, 15) is 18.8 Å². The summed E-state index contributed by atoms with van der Waals surface area (Å²) in [5.41, 5.74) is 1.78. The van der Waals surface area contributed by atoms with Crippen molar-refractivity contribution in [2.45, 2.75) is 6.61 Å². The molecule has 3 amide bonds. The first-order chi connectivity index (χ1) is 18.4. The summed E-state index contributed by atoms with van der Waals surface area (Å²) in [6, 6.07) is 24.0. The Balaban J connectivity index is 1.40. The van der Waals surface area contributed by atoms with Gasteiger partial charge in [-0.05, 0) is 64.5 Å². The fourth-order valence-electron chi connectivity index (χ4n) is 3.96. The number of ether oxygens (including phenoxy) is 1. The molecule has 1 aliphatic rings. The van der Waals surface area contributed by atoms with Crippen LogP contribution in [0.2, 0.25) is 5.02 Å². The molecule has 0 aliphatic carbocycles. The summed E-state index contributed by atoms with van der Waals surface area (Å²) in [5, 5.41) is 4.17. The van der Waals surface area contributed by atoms with E-state index in [1.54, 1.807) is 48.5 Å². The molecule has 9 heteroatoms. The Hall–Kier alpha value is -4.14. The number of amides is 3. The number of nitrogens with one attached hydrogen (secondary N) is 1. The van der Waals surface area contributed by atoms with E-state index in [-0.39, 0.29) is 17.3 Å². The number of benzene rings is 4. The number of carbonyl (C=O) groups excluding carboxylic acids is 3. The quantitative estimate of drug-likeness (QED) is 0.256. The molecule has 0 saturated carbocycles. The number of carbonyl (C=O) groups is 3. The number of hydrogen-bond donors (Lipinski definition) is 1. The van der Waals surface area contributed by atoms with Gasteiger partial charge in [0.2, 0.25) is 5.91 Å². The van der Waals surface area contributed by atoms with Crippen molar-refractivity contribution in [2.24, 2.45) is 0 Å². The van der Waals surface area contributed by atoms with Gasteiger partial charge in [-0.25, -0.2) is 4.39 Å². The first kappa shape index (κ1) is 25.5. The molecular formula is C29H20ClFN2O4S. The van der Waals surface area contributed by atoms with Gasteiger partial charge in [-0.2, -0.15) is 0 Å². The molecule has 190 valence electrons. The SMILES string of the molecule is O=C(CN1C(=O)S/C(=C/c2c(OCc3ccc(F)cc3)ccc3ccccc23)C1=O)Nc1ccccc1Cl. The van der Waals surface area contributed by atoms with E-state index < -0.39 is 23.6 Å². The van der Waals surface area contributed by atoms with Crippen LogP contribution in [0.1, 0.15) is 11.1 Å². The summed E-state index contributed by atoms with van der Waals surface area (Å²) >= 11 is 6.84.